The molecule has 180 valence electrons. The monoisotopic (exact) mass is 484 g/mol. The number of sulfonamides is 1. The number of aromatic nitrogens is 1. The van der Waals surface area contributed by atoms with Crippen LogP contribution in [0.3, 0.4) is 0 Å². The van der Waals surface area contributed by atoms with Gasteiger partial charge in [0.2, 0.25) is 10.0 Å². The van der Waals surface area contributed by atoms with Crippen LogP contribution in [0.15, 0.2) is 56.6 Å². The van der Waals surface area contributed by atoms with Crippen LogP contribution in [0.1, 0.15) is 36.8 Å². The number of rotatable bonds is 7. The molecule has 9 heteroatoms. The Kier molecular flexibility index (Phi) is 6.31. The average molecular weight is 485 g/mol. The number of benzene rings is 2. The highest BCUT2D eigenvalue weighted by Gasteiger charge is 2.33. The van der Waals surface area contributed by atoms with Crippen molar-refractivity contribution in [2.24, 2.45) is 5.92 Å². The Hall–Kier alpha value is -2.91. The molecule has 0 bridgehead atoms. The van der Waals surface area contributed by atoms with Gasteiger partial charge < -0.3 is 9.15 Å². The Morgan fingerprint density at radius 1 is 1.06 bits per heavy atom. The summed E-state index contributed by atoms with van der Waals surface area (Å²) in [7, 11) is -3.56. The van der Waals surface area contributed by atoms with E-state index in [9.17, 15) is 18.0 Å². The minimum atomic E-state index is -3.56. The average Bonchev–Trinajstić information content (AvgIpc) is 3.45. The highest BCUT2D eigenvalue weighted by Crippen LogP contribution is 2.29. The fourth-order valence-electron chi connectivity index (χ4n) is 4.93. The maximum Gasteiger partial charge on any atom is 0.419 e. The molecule has 1 fully saturated rings. The minimum absolute atomic E-state index is 0.193. The highest BCUT2D eigenvalue weighted by atomic mass is 32.2. The van der Waals surface area contributed by atoms with Crippen molar-refractivity contribution >= 4 is 27.1 Å². The second kappa shape index (κ2) is 9.38. The molecule has 34 heavy (non-hydrogen) atoms. The number of carbonyl (C=O) groups is 1. The van der Waals surface area contributed by atoms with Crippen LogP contribution in [0, 0.1) is 5.92 Å². The van der Waals surface area contributed by atoms with Crippen LogP contribution in [0.2, 0.25) is 0 Å². The van der Waals surface area contributed by atoms with Gasteiger partial charge in [0.15, 0.2) is 5.58 Å². The molecule has 0 saturated carbocycles. The number of nitrogens with zero attached hydrogens (tertiary/aromatic N) is 2. The highest BCUT2D eigenvalue weighted by molar-refractivity contribution is 7.89. The van der Waals surface area contributed by atoms with Gasteiger partial charge in [-0.2, -0.15) is 4.31 Å². The third-order valence-corrected chi connectivity index (χ3v) is 8.73. The zero-order chi connectivity index (χ0) is 23.7. The van der Waals surface area contributed by atoms with E-state index in [1.54, 1.807) is 18.2 Å². The van der Waals surface area contributed by atoms with Gasteiger partial charge in [0, 0.05) is 19.6 Å². The number of esters is 1. The van der Waals surface area contributed by atoms with E-state index in [0.717, 1.165) is 30.3 Å². The van der Waals surface area contributed by atoms with Crippen molar-refractivity contribution in [2.45, 2.75) is 50.0 Å². The first kappa shape index (κ1) is 22.9. The minimum Gasteiger partial charge on any atom is -0.465 e. The van der Waals surface area contributed by atoms with Gasteiger partial charge in [-0.05, 0) is 73.9 Å². The van der Waals surface area contributed by atoms with Gasteiger partial charge in [-0.25, -0.2) is 13.2 Å². The van der Waals surface area contributed by atoms with Gasteiger partial charge in [0.05, 0.1) is 22.9 Å². The predicted molar refractivity (Wildman–Crippen MR) is 126 cm³/mol. The van der Waals surface area contributed by atoms with Crippen molar-refractivity contribution in [1.29, 1.82) is 0 Å². The van der Waals surface area contributed by atoms with Gasteiger partial charge >= 0.3 is 11.7 Å². The largest absolute Gasteiger partial charge is 0.465 e. The molecule has 0 atom stereocenters. The Labute approximate surface area is 198 Å². The second-order valence-electron chi connectivity index (χ2n) is 8.97. The topological polar surface area (TPSA) is 98.8 Å². The van der Waals surface area contributed by atoms with E-state index in [4.69, 9.17) is 9.15 Å². The Balaban J connectivity index is 1.11. The van der Waals surface area contributed by atoms with Crippen molar-refractivity contribution in [3.05, 3.63) is 64.1 Å². The molecule has 1 saturated heterocycles. The van der Waals surface area contributed by atoms with Gasteiger partial charge in [-0.1, -0.05) is 18.2 Å². The van der Waals surface area contributed by atoms with E-state index in [2.05, 4.69) is 0 Å². The third-order valence-electron chi connectivity index (χ3n) is 6.84. The molecular formula is C25H28N2O6S. The molecular weight excluding hydrogens is 456 g/mol. The van der Waals surface area contributed by atoms with Crippen molar-refractivity contribution < 1.29 is 22.4 Å². The molecule has 5 rings (SSSR count). The van der Waals surface area contributed by atoms with Crippen molar-refractivity contribution in [3.8, 4) is 0 Å². The maximum absolute atomic E-state index is 13.1. The molecule has 2 aliphatic rings. The van der Waals surface area contributed by atoms with Gasteiger partial charge in [-0.15, -0.1) is 0 Å². The van der Waals surface area contributed by atoms with E-state index >= 15 is 0 Å². The lowest BCUT2D eigenvalue weighted by atomic mass is 9.98. The van der Waals surface area contributed by atoms with Crippen LogP contribution in [-0.4, -0.2) is 43.0 Å². The number of ether oxygens (including phenoxy) is 1. The first-order valence-corrected chi connectivity index (χ1v) is 13.2. The first-order valence-electron chi connectivity index (χ1n) is 11.8. The molecule has 1 aliphatic heterocycles. The standard InChI is InChI=1S/C25H28N2O6S/c28-24(32-16-4-13-27-22-7-1-2-8-23(22)33-25(27)29)19-11-14-26(15-12-19)34(30,31)21-10-9-18-5-3-6-20(18)17-21/h1-2,7-10,17,19H,3-6,11-16H2. The van der Waals surface area contributed by atoms with Crippen LogP contribution < -0.4 is 5.76 Å². The number of hydrogen-bond donors (Lipinski definition) is 0. The fraction of sp³-hybridized carbons (Fsp3) is 0.440. The third kappa shape index (κ3) is 4.42. The van der Waals surface area contributed by atoms with Gasteiger partial charge in [0.25, 0.3) is 0 Å². The summed E-state index contributed by atoms with van der Waals surface area (Å²) in [6.07, 6.45) is 4.38. The molecule has 0 unspecified atom stereocenters. The van der Waals surface area contributed by atoms with Crippen molar-refractivity contribution in [2.75, 3.05) is 19.7 Å². The lowest BCUT2D eigenvalue weighted by molar-refractivity contribution is -0.150. The quantitative estimate of drug-likeness (QED) is 0.377. The summed E-state index contributed by atoms with van der Waals surface area (Å²) in [5.74, 6) is -1.05. The Morgan fingerprint density at radius 2 is 1.82 bits per heavy atom. The van der Waals surface area contributed by atoms with E-state index in [1.807, 2.05) is 24.3 Å². The molecule has 0 radical (unpaired) electrons. The zero-order valence-electron chi connectivity index (χ0n) is 18.9. The van der Waals surface area contributed by atoms with Gasteiger partial charge in [0.1, 0.15) is 0 Å². The number of aryl methyl sites for hydroxylation is 3. The molecule has 1 aromatic heterocycles. The number of carbonyl (C=O) groups excluding carboxylic acids is 1. The summed E-state index contributed by atoms with van der Waals surface area (Å²) in [5.41, 5.74) is 3.62. The number of piperidine rings is 1. The molecule has 2 heterocycles. The van der Waals surface area contributed by atoms with Crippen molar-refractivity contribution in [1.82, 2.24) is 8.87 Å². The Morgan fingerprint density at radius 3 is 2.65 bits per heavy atom. The van der Waals surface area contributed by atoms with Crippen LogP contribution in [0.4, 0.5) is 0 Å². The number of fused-ring (bicyclic) bond motifs is 2. The van der Waals surface area contributed by atoms with Crippen LogP contribution in [0.5, 0.6) is 0 Å². The summed E-state index contributed by atoms with van der Waals surface area (Å²) in [6, 6.07) is 12.6. The summed E-state index contributed by atoms with van der Waals surface area (Å²) in [6.45, 7) is 1.18. The van der Waals surface area contributed by atoms with Crippen molar-refractivity contribution in [3.63, 3.8) is 0 Å². The maximum atomic E-state index is 13.1. The predicted octanol–water partition coefficient (Wildman–Crippen LogP) is 3.12. The van der Waals surface area contributed by atoms with Gasteiger partial charge in [-0.3, -0.25) is 9.36 Å². The fourth-order valence-corrected chi connectivity index (χ4v) is 6.45. The van der Waals surface area contributed by atoms with E-state index in [0.29, 0.717) is 49.4 Å². The number of hydrogen-bond acceptors (Lipinski definition) is 6. The first-order chi connectivity index (χ1) is 16.4. The van der Waals surface area contributed by atoms with E-state index in [-0.39, 0.29) is 18.5 Å². The van der Waals surface area contributed by atoms with Crippen LogP contribution >= 0.6 is 0 Å². The summed E-state index contributed by atoms with van der Waals surface area (Å²) >= 11 is 0. The lowest BCUT2D eigenvalue weighted by Crippen LogP contribution is -2.40. The van der Waals surface area contributed by atoms with Crippen LogP contribution in [-0.2, 0) is 38.9 Å². The van der Waals surface area contributed by atoms with E-state index < -0.39 is 15.8 Å². The molecule has 2 aromatic carbocycles. The molecule has 0 N–H and O–H groups in total. The molecule has 0 spiro atoms. The smallest absolute Gasteiger partial charge is 0.419 e. The summed E-state index contributed by atoms with van der Waals surface area (Å²) < 4.78 is 39.8. The lowest BCUT2D eigenvalue weighted by Gasteiger charge is -2.30. The number of para-hydroxylation sites is 2. The zero-order valence-corrected chi connectivity index (χ0v) is 19.8. The second-order valence-corrected chi connectivity index (χ2v) is 10.9. The van der Waals surface area contributed by atoms with Crippen LogP contribution in [0.25, 0.3) is 11.1 Å². The van der Waals surface area contributed by atoms with E-state index in [1.165, 1.54) is 14.4 Å². The molecule has 1 aliphatic carbocycles. The summed E-state index contributed by atoms with van der Waals surface area (Å²) in [4.78, 5) is 24.9. The molecule has 0 amide bonds. The summed E-state index contributed by atoms with van der Waals surface area (Å²) in [5, 5.41) is 0. The SMILES string of the molecule is O=C(OCCCn1c(=O)oc2ccccc21)C1CCN(S(=O)(=O)c2ccc3c(c2)CCC3)CC1. The normalized spacial score (nSPS) is 17.2. The molecule has 3 aromatic rings. The molecule has 8 nitrogen and oxygen atoms in total. The number of oxazole rings is 1. The Bertz CT molecular complexity index is 1370.